The lowest BCUT2D eigenvalue weighted by molar-refractivity contribution is 0.0692. The number of carboxylic acid groups (broad SMARTS) is 1. The number of aliphatic hydroxyl groups excluding tert-OH is 1. The van der Waals surface area contributed by atoms with E-state index in [0.29, 0.717) is 5.75 Å². The van der Waals surface area contributed by atoms with Crippen LogP contribution in [0.4, 0.5) is 0 Å². The summed E-state index contributed by atoms with van der Waals surface area (Å²) >= 11 is 0. The summed E-state index contributed by atoms with van der Waals surface area (Å²) in [5, 5.41) is 19.0. The summed E-state index contributed by atoms with van der Waals surface area (Å²) < 4.78 is 32.1. The number of carbonyl (C=O) groups is 1. The van der Waals surface area contributed by atoms with Gasteiger partial charge in [0, 0.05) is 6.54 Å². The van der Waals surface area contributed by atoms with Crippen molar-refractivity contribution in [3.63, 3.8) is 0 Å². The topological polar surface area (TPSA) is 113 Å². The average Bonchev–Trinajstić information content (AvgIpc) is 2.58. The van der Waals surface area contributed by atoms with E-state index in [0.717, 1.165) is 5.56 Å². The Morgan fingerprint density at radius 2 is 1.92 bits per heavy atom. The quantitative estimate of drug-likeness (QED) is 0.652. The minimum atomic E-state index is -4.07. The highest BCUT2D eigenvalue weighted by Gasteiger charge is 2.22. The number of carboxylic acids is 1. The smallest absolute Gasteiger partial charge is 0.337 e. The molecule has 25 heavy (non-hydrogen) atoms. The van der Waals surface area contributed by atoms with Crippen molar-refractivity contribution in [2.45, 2.75) is 17.9 Å². The average molecular weight is 365 g/mol. The summed E-state index contributed by atoms with van der Waals surface area (Å²) in [6.07, 6.45) is -1.09. The normalized spacial score (nSPS) is 12.6. The Hall–Kier alpha value is -2.42. The largest absolute Gasteiger partial charge is 0.491 e. The third kappa shape index (κ3) is 5.28. The molecule has 0 fully saturated rings. The van der Waals surface area contributed by atoms with Gasteiger partial charge >= 0.3 is 5.97 Å². The van der Waals surface area contributed by atoms with E-state index in [1.54, 1.807) is 12.1 Å². The standard InChI is InChI=1S/C17H19NO6S/c1-12-5-4-6-14(9-12)24-11-13(19)10-18-25(22,23)16-8-3-2-7-15(16)17(20)21/h2-9,13,18-19H,10-11H2,1H3,(H,20,21). The first-order valence-corrected chi connectivity index (χ1v) is 8.97. The van der Waals surface area contributed by atoms with Crippen LogP contribution in [0.15, 0.2) is 53.4 Å². The Morgan fingerprint density at radius 3 is 2.60 bits per heavy atom. The van der Waals surface area contributed by atoms with E-state index in [1.807, 2.05) is 19.1 Å². The van der Waals surface area contributed by atoms with E-state index >= 15 is 0 Å². The molecule has 8 heteroatoms. The number of hydrogen-bond donors (Lipinski definition) is 3. The number of aryl methyl sites for hydroxylation is 1. The fourth-order valence-electron chi connectivity index (χ4n) is 2.12. The number of aliphatic hydroxyl groups is 1. The van der Waals surface area contributed by atoms with Gasteiger partial charge in [-0.2, -0.15) is 0 Å². The van der Waals surface area contributed by atoms with Crippen molar-refractivity contribution in [3.8, 4) is 5.75 Å². The molecule has 2 rings (SSSR count). The molecular formula is C17H19NO6S. The van der Waals surface area contributed by atoms with Gasteiger partial charge in [-0.15, -0.1) is 0 Å². The molecule has 0 aliphatic heterocycles. The zero-order valence-corrected chi connectivity index (χ0v) is 14.4. The first-order valence-electron chi connectivity index (χ1n) is 7.49. The van der Waals surface area contributed by atoms with Crippen LogP contribution in [-0.2, 0) is 10.0 Å². The molecule has 134 valence electrons. The van der Waals surface area contributed by atoms with Gasteiger partial charge in [0.15, 0.2) is 0 Å². The maximum Gasteiger partial charge on any atom is 0.337 e. The van der Waals surface area contributed by atoms with Crippen LogP contribution in [0, 0.1) is 6.92 Å². The number of benzene rings is 2. The number of nitrogens with one attached hydrogen (secondary N) is 1. The van der Waals surface area contributed by atoms with Crippen molar-refractivity contribution >= 4 is 16.0 Å². The number of rotatable bonds is 8. The van der Waals surface area contributed by atoms with Gasteiger partial charge in [-0.1, -0.05) is 24.3 Å². The predicted molar refractivity (Wildman–Crippen MR) is 91.3 cm³/mol. The molecule has 0 aromatic heterocycles. The summed E-state index contributed by atoms with van der Waals surface area (Å²) in [5.74, 6) is -0.776. The van der Waals surface area contributed by atoms with Crippen molar-refractivity contribution in [2.24, 2.45) is 0 Å². The Kier molecular flexibility index (Phi) is 6.13. The molecule has 2 aromatic rings. The van der Waals surface area contributed by atoms with Crippen molar-refractivity contribution in [2.75, 3.05) is 13.2 Å². The Balaban J connectivity index is 1.96. The van der Waals surface area contributed by atoms with Gasteiger partial charge in [0.05, 0.1) is 10.5 Å². The van der Waals surface area contributed by atoms with Crippen LogP contribution in [0.1, 0.15) is 15.9 Å². The van der Waals surface area contributed by atoms with Gasteiger partial charge in [-0.05, 0) is 36.8 Å². The zero-order valence-electron chi connectivity index (χ0n) is 13.5. The van der Waals surface area contributed by atoms with Crippen LogP contribution < -0.4 is 9.46 Å². The van der Waals surface area contributed by atoms with Crippen molar-refractivity contribution in [1.29, 1.82) is 0 Å². The molecule has 1 atom stereocenters. The third-order valence-electron chi connectivity index (χ3n) is 3.35. The lowest BCUT2D eigenvalue weighted by Crippen LogP contribution is -2.35. The summed E-state index contributed by atoms with van der Waals surface area (Å²) in [7, 11) is -4.07. The van der Waals surface area contributed by atoms with Gasteiger partial charge in [-0.25, -0.2) is 17.9 Å². The SMILES string of the molecule is Cc1cccc(OCC(O)CNS(=O)(=O)c2ccccc2C(=O)O)c1. The minimum Gasteiger partial charge on any atom is -0.491 e. The second kappa shape index (κ2) is 8.11. The molecule has 0 amide bonds. The molecule has 2 aromatic carbocycles. The molecule has 0 heterocycles. The summed E-state index contributed by atoms with van der Waals surface area (Å²) in [4.78, 5) is 10.8. The molecule has 0 bridgehead atoms. The number of ether oxygens (including phenoxy) is 1. The number of aromatic carboxylic acids is 1. The van der Waals surface area contributed by atoms with E-state index in [9.17, 15) is 18.3 Å². The molecule has 0 saturated heterocycles. The van der Waals surface area contributed by atoms with Crippen LogP contribution in [0.3, 0.4) is 0 Å². The Morgan fingerprint density at radius 1 is 1.20 bits per heavy atom. The molecular weight excluding hydrogens is 346 g/mol. The van der Waals surface area contributed by atoms with E-state index in [4.69, 9.17) is 9.84 Å². The lowest BCUT2D eigenvalue weighted by Gasteiger charge is -2.14. The van der Waals surface area contributed by atoms with E-state index < -0.39 is 22.1 Å². The van der Waals surface area contributed by atoms with Gasteiger partial charge in [0.25, 0.3) is 0 Å². The van der Waals surface area contributed by atoms with E-state index in [-0.39, 0.29) is 23.6 Å². The Labute approximate surface area is 145 Å². The highest BCUT2D eigenvalue weighted by atomic mass is 32.2. The molecule has 3 N–H and O–H groups in total. The van der Waals surface area contributed by atoms with Gasteiger partial charge in [0.1, 0.15) is 18.5 Å². The van der Waals surface area contributed by atoms with Crippen molar-refractivity contribution in [3.05, 3.63) is 59.7 Å². The second-order valence-corrected chi connectivity index (χ2v) is 7.17. The molecule has 7 nitrogen and oxygen atoms in total. The zero-order chi connectivity index (χ0) is 18.4. The lowest BCUT2D eigenvalue weighted by atomic mass is 10.2. The minimum absolute atomic E-state index is 0.105. The maximum atomic E-state index is 12.3. The maximum absolute atomic E-state index is 12.3. The van der Waals surface area contributed by atoms with Gasteiger partial charge in [-0.3, -0.25) is 0 Å². The summed E-state index contributed by atoms with van der Waals surface area (Å²) in [6.45, 7) is 1.49. The molecule has 0 aliphatic carbocycles. The van der Waals surface area contributed by atoms with Crippen LogP contribution in [0.25, 0.3) is 0 Å². The van der Waals surface area contributed by atoms with Crippen LogP contribution in [-0.4, -0.2) is 43.9 Å². The predicted octanol–water partition coefficient (Wildman–Crippen LogP) is 1.41. The number of hydrogen-bond acceptors (Lipinski definition) is 5. The molecule has 0 saturated carbocycles. The first kappa shape index (κ1) is 18.9. The monoisotopic (exact) mass is 365 g/mol. The van der Waals surface area contributed by atoms with Crippen molar-refractivity contribution in [1.82, 2.24) is 4.72 Å². The number of sulfonamides is 1. The molecule has 0 spiro atoms. The van der Waals surface area contributed by atoms with Gasteiger partial charge < -0.3 is 14.9 Å². The highest BCUT2D eigenvalue weighted by molar-refractivity contribution is 7.89. The molecule has 1 unspecified atom stereocenters. The second-order valence-electron chi connectivity index (χ2n) is 5.43. The summed E-state index contributed by atoms with van der Waals surface area (Å²) in [5.41, 5.74) is 0.665. The van der Waals surface area contributed by atoms with E-state index in [2.05, 4.69) is 4.72 Å². The molecule has 0 aliphatic rings. The fraction of sp³-hybridized carbons (Fsp3) is 0.235. The highest BCUT2D eigenvalue weighted by Crippen LogP contribution is 2.15. The van der Waals surface area contributed by atoms with Gasteiger partial charge in [0.2, 0.25) is 10.0 Å². The summed E-state index contributed by atoms with van der Waals surface area (Å²) in [6, 6.07) is 12.5. The van der Waals surface area contributed by atoms with Crippen LogP contribution in [0.5, 0.6) is 5.75 Å². The first-order chi connectivity index (χ1) is 11.8. The van der Waals surface area contributed by atoms with Crippen LogP contribution in [0.2, 0.25) is 0 Å². The van der Waals surface area contributed by atoms with Crippen molar-refractivity contribution < 1.29 is 28.2 Å². The van der Waals surface area contributed by atoms with Crippen LogP contribution >= 0.6 is 0 Å². The Bertz CT molecular complexity index is 850. The van der Waals surface area contributed by atoms with E-state index in [1.165, 1.54) is 24.3 Å². The molecule has 0 radical (unpaired) electrons. The fourth-order valence-corrected chi connectivity index (χ4v) is 3.39. The third-order valence-corrected chi connectivity index (χ3v) is 4.83.